The Balaban J connectivity index is 1.88. The Kier molecular flexibility index (Phi) is 5.78. The molecule has 1 aromatic carbocycles. The largest absolute Gasteiger partial charge is 0.494 e. The van der Waals surface area contributed by atoms with E-state index in [9.17, 15) is 4.79 Å². The summed E-state index contributed by atoms with van der Waals surface area (Å²) in [7, 11) is 0. The molecule has 0 aliphatic carbocycles. The number of anilines is 1. The van der Waals surface area contributed by atoms with E-state index in [-0.39, 0.29) is 5.91 Å². The number of ether oxygens (including phenoxy) is 1. The third-order valence-electron chi connectivity index (χ3n) is 2.88. The minimum Gasteiger partial charge on any atom is -0.494 e. The molecule has 0 spiro atoms. The van der Waals surface area contributed by atoms with Crippen molar-refractivity contribution in [3.63, 3.8) is 0 Å². The highest BCUT2D eigenvalue weighted by Gasteiger charge is 2.05. The fourth-order valence-corrected chi connectivity index (χ4v) is 2.81. The smallest absolute Gasteiger partial charge is 0.221 e. The Hall–Kier alpha value is -1.85. The van der Waals surface area contributed by atoms with E-state index in [0.717, 1.165) is 29.4 Å². The third-order valence-corrected chi connectivity index (χ3v) is 3.80. The van der Waals surface area contributed by atoms with E-state index in [2.05, 4.69) is 16.7 Å². The zero-order valence-electron chi connectivity index (χ0n) is 12.3. The van der Waals surface area contributed by atoms with Crippen LogP contribution in [0.1, 0.15) is 24.3 Å². The number of carbonyl (C=O) groups is 1. The van der Waals surface area contributed by atoms with Crippen LogP contribution in [0, 0.1) is 0 Å². The summed E-state index contributed by atoms with van der Waals surface area (Å²) in [4.78, 5) is 12.2. The molecular formula is C16H20N2O2S. The van der Waals surface area contributed by atoms with Crippen LogP contribution in [-0.2, 0) is 17.9 Å². The second-order valence-electron chi connectivity index (χ2n) is 4.62. The number of benzene rings is 1. The summed E-state index contributed by atoms with van der Waals surface area (Å²) in [6.45, 7) is 5.66. The molecule has 0 unspecified atom stereocenters. The maximum absolute atomic E-state index is 11.1. The van der Waals surface area contributed by atoms with Crippen LogP contribution < -0.4 is 15.4 Å². The lowest BCUT2D eigenvalue weighted by molar-refractivity contribution is -0.114. The highest BCUT2D eigenvalue weighted by Crippen LogP contribution is 2.22. The van der Waals surface area contributed by atoms with Crippen molar-refractivity contribution in [2.75, 3.05) is 11.9 Å². The first-order chi connectivity index (χ1) is 10.2. The van der Waals surface area contributed by atoms with Gasteiger partial charge in [0.15, 0.2) is 0 Å². The topological polar surface area (TPSA) is 50.4 Å². The lowest BCUT2D eigenvalue weighted by Gasteiger charge is -2.08. The van der Waals surface area contributed by atoms with Gasteiger partial charge < -0.3 is 15.4 Å². The highest BCUT2D eigenvalue weighted by atomic mass is 32.1. The Bertz CT molecular complexity index is 595. The van der Waals surface area contributed by atoms with Gasteiger partial charge in [0.2, 0.25) is 5.91 Å². The molecule has 21 heavy (non-hydrogen) atoms. The van der Waals surface area contributed by atoms with Gasteiger partial charge in [-0.2, -0.15) is 0 Å². The molecule has 2 aromatic rings. The van der Waals surface area contributed by atoms with Gasteiger partial charge >= 0.3 is 0 Å². The van der Waals surface area contributed by atoms with E-state index in [4.69, 9.17) is 4.74 Å². The van der Waals surface area contributed by atoms with Gasteiger partial charge in [-0.05, 0) is 36.1 Å². The predicted octanol–water partition coefficient (Wildman–Crippen LogP) is 3.40. The monoisotopic (exact) mass is 304 g/mol. The molecule has 112 valence electrons. The molecule has 5 heteroatoms. The highest BCUT2D eigenvalue weighted by molar-refractivity contribution is 7.10. The van der Waals surface area contributed by atoms with Crippen LogP contribution in [0.4, 0.5) is 5.69 Å². The van der Waals surface area contributed by atoms with Crippen LogP contribution in [-0.4, -0.2) is 12.5 Å². The van der Waals surface area contributed by atoms with Crippen LogP contribution >= 0.6 is 11.3 Å². The van der Waals surface area contributed by atoms with E-state index in [1.165, 1.54) is 12.5 Å². The Morgan fingerprint density at radius 1 is 1.29 bits per heavy atom. The average molecular weight is 304 g/mol. The van der Waals surface area contributed by atoms with Gasteiger partial charge in [-0.15, -0.1) is 11.3 Å². The second-order valence-corrected chi connectivity index (χ2v) is 5.62. The summed E-state index contributed by atoms with van der Waals surface area (Å²) in [6, 6.07) is 9.99. The Morgan fingerprint density at radius 3 is 2.90 bits per heavy atom. The minimum atomic E-state index is -0.0425. The summed E-state index contributed by atoms with van der Waals surface area (Å²) >= 11 is 1.64. The summed E-state index contributed by atoms with van der Waals surface area (Å²) in [5, 5.41) is 8.21. The lowest BCUT2D eigenvalue weighted by atomic mass is 10.2. The van der Waals surface area contributed by atoms with E-state index in [0.29, 0.717) is 6.61 Å². The van der Waals surface area contributed by atoms with Crippen molar-refractivity contribution >= 4 is 22.9 Å². The maximum Gasteiger partial charge on any atom is 0.221 e. The molecule has 0 aliphatic heterocycles. The van der Waals surface area contributed by atoms with Crippen LogP contribution in [0.3, 0.4) is 0 Å². The van der Waals surface area contributed by atoms with Gasteiger partial charge in [-0.3, -0.25) is 4.79 Å². The number of thiophene rings is 1. The normalized spacial score (nSPS) is 10.4. The lowest BCUT2D eigenvalue weighted by Crippen LogP contribution is -2.14. The molecule has 0 fully saturated rings. The molecule has 1 heterocycles. The summed E-state index contributed by atoms with van der Waals surface area (Å²) in [5.41, 5.74) is 2.07. The molecule has 0 saturated heterocycles. The standard InChI is InChI=1S/C16H20N2O2S/c1-3-20-14-6-4-5-13(9-14)10-17-11-16-15(7-8-21-16)18-12(2)19/h4-9,17H,3,10-11H2,1-2H3,(H,18,19). The van der Waals surface area contributed by atoms with Gasteiger partial charge in [0.25, 0.3) is 0 Å². The van der Waals surface area contributed by atoms with Crippen molar-refractivity contribution in [1.82, 2.24) is 5.32 Å². The number of hydrogen-bond acceptors (Lipinski definition) is 4. The van der Waals surface area contributed by atoms with Crippen LogP contribution in [0.2, 0.25) is 0 Å². The maximum atomic E-state index is 11.1. The number of hydrogen-bond donors (Lipinski definition) is 2. The van der Waals surface area contributed by atoms with Crippen molar-refractivity contribution < 1.29 is 9.53 Å². The molecule has 0 aliphatic rings. The zero-order valence-corrected chi connectivity index (χ0v) is 13.1. The van der Waals surface area contributed by atoms with Crippen molar-refractivity contribution in [3.8, 4) is 5.75 Å². The number of rotatable bonds is 7. The van der Waals surface area contributed by atoms with Crippen LogP contribution in [0.25, 0.3) is 0 Å². The molecule has 2 N–H and O–H groups in total. The molecule has 0 radical (unpaired) electrons. The quantitative estimate of drug-likeness (QED) is 0.824. The zero-order chi connectivity index (χ0) is 15.1. The summed E-state index contributed by atoms with van der Waals surface area (Å²) in [5.74, 6) is 0.853. The fraction of sp³-hybridized carbons (Fsp3) is 0.312. The van der Waals surface area contributed by atoms with E-state index in [1.807, 2.05) is 36.6 Å². The van der Waals surface area contributed by atoms with Crippen molar-refractivity contribution in [2.24, 2.45) is 0 Å². The number of amides is 1. The van der Waals surface area contributed by atoms with Crippen LogP contribution in [0.15, 0.2) is 35.7 Å². The SMILES string of the molecule is CCOc1cccc(CNCc2sccc2NC(C)=O)c1. The molecule has 4 nitrogen and oxygen atoms in total. The molecule has 0 atom stereocenters. The molecule has 0 saturated carbocycles. The number of carbonyl (C=O) groups excluding carboxylic acids is 1. The van der Waals surface area contributed by atoms with Crippen molar-refractivity contribution in [1.29, 1.82) is 0 Å². The van der Waals surface area contributed by atoms with Gasteiger partial charge in [-0.25, -0.2) is 0 Å². The van der Waals surface area contributed by atoms with Gasteiger partial charge in [0, 0.05) is 24.9 Å². The average Bonchev–Trinajstić information content (AvgIpc) is 2.86. The van der Waals surface area contributed by atoms with Crippen LogP contribution in [0.5, 0.6) is 5.75 Å². The number of nitrogens with one attached hydrogen (secondary N) is 2. The molecule has 1 aromatic heterocycles. The van der Waals surface area contributed by atoms with Crippen molar-refractivity contribution in [2.45, 2.75) is 26.9 Å². The first-order valence-electron chi connectivity index (χ1n) is 6.95. The van der Waals surface area contributed by atoms with Gasteiger partial charge in [0.1, 0.15) is 5.75 Å². The van der Waals surface area contributed by atoms with Gasteiger partial charge in [-0.1, -0.05) is 12.1 Å². The first-order valence-corrected chi connectivity index (χ1v) is 7.83. The Labute approximate surface area is 129 Å². The van der Waals surface area contributed by atoms with E-state index < -0.39 is 0 Å². The summed E-state index contributed by atoms with van der Waals surface area (Å²) < 4.78 is 5.49. The molecule has 1 amide bonds. The molecule has 0 bridgehead atoms. The minimum absolute atomic E-state index is 0.0425. The summed E-state index contributed by atoms with van der Waals surface area (Å²) in [6.07, 6.45) is 0. The van der Waals surface area contributed by atoms with Crippen molar-refractivity contribution in [3.05, 3.63) is 46.2 Å². The molecular weight excluding hydrogens is 284 g/mol. The second kappa shape index (κ2) is 7.81. The predicted molar refractivity (Wildman–Crippen MR) is 86.8 cm³/mol. The third kappa shape index (κ3) is 4.88. The first kappa shape index (κ1) is 15.5. The fourth-order valence-electron chi connectivity index (χ4n) is 2.01. The van der Waals surface area contributed by atoms with E-state index in [1.54, 1.807) is 11.3 Å². The Morgan fingerprint density at radius 2 is 2.14 bits per heavy atom. The molecule has 2 rings (SSSR count). The van der Waals surface area contributed by atoms with Gasteiger partial charge in [0.05, 0.1) is 12.3 Å². The van der Waals surface area contributed by atoms with E-state index >= 15 is 0 Å².